The number of rotatable bonds is 6. The van der Waals surface area contributed by atoms with Gasteiger partial charge in [-0.3, -0.25) is 0 Å². The van der Waals surface area contributed by atoms with E-state index >= 15 is 0 Å². The Hall–Kier alpha value is -2.30. The molecule has 3 rings (SSSR count). The quantitative estimate of drug-likeness (QED) is 0.875. The van der Waals surface area contributed by atoms with Crippen LogP contribution in [0.5, 0.6) is 11.5 Å². The second kappa shape index (κ2) is 5.77. The van der Waals surface area contributed by atoms with Crippen molar-refractivity contribution in [3.63, 3.8) is 0 Å². The maximum absolute atomic E-state index is 5.85. The Morgan fingerprint density at radius 1 is 1.20 bits per heavy atom. The van der Waals surface area contributed by atoms with Crippen molar-refractivity contribution < 1.29 is 9.47 Å². The van der Waals surface area contributed by atoms with Crippen molar-refractivity contribution in [2.45, 2.75) is 25.5 Å². The standard InChI is InChI=1S/C15H17N3O2/c1-19-14-5-2-12(6-15(14)20-13-3-4-13)18-9-11-7-16-10-17-8-11/h2,5-8,10,13,18H,3-4,9H2,1H3. The molecule has 0 bridgehead atoms. The monoisotopic (exact) mass is 271 g/mol. The van der Waals surface area contributed by atoms with Crippen molar-refractivity contribution in [3.05, 3.63) is 42.5 Å². The molecular weight excluding hydrogens is 254 g/mol. The topological polar surface area (TPSA) is 56.3 Å². The largest absolute Gasteiger partial charge is 0.493 e. The zero-order chi connectivity index (χ0) is 13.8. The second-order valence-corrected chi connectivity index (χ2v) is 4.78. The Morgan fingerprint density at radius 2 is 2.00 bits per heavy atom. The molecule has 0 saturated heterocycles. The van der Waals surface area contributed by atoms with Crippen LogP contribution in [-0.4, -0.2) is 23.2 Å². The van der Waals surface area contributed by atoms with E-state index in [1.807, 2.05) is 18.2 Å². The van der Waals surface area contributed by atoms with E-state index in [9.17, 15) is 0 Å². The van der Waals surface area contributed by atoms with Crippen LogP contribution in [0.1, 0.15) is 18.4 Å². The summed E-state index contributed by atoms with van der Waals surface area (Å²) < 4.78 is 11.2. The highest BCUT2D eigenvalue weighted by Crippen LogP contribution is 2.35. The molecule has 2 aromatic rings. The SMILES string of the molecule is COc1ccc(NCc2cncnc2)cc1OC1CC1. The van der Waals surface area contributed by atoms with E-state index in [4.69, 9.17) is 9.47 Å². The van der Waals surface area contributed by atoms with Gasteiger partial charge < -0.3 is 14.8 Å². The Labute approximate surface area is 118 Å². The van der Waals surface area contributed by atoms with Crippen molar-refractivity contribution in [1.82, 2.24) is 9.97 Å². The highest BCUT2D eigenvalue weighted by Gasteiger charge is 2.25. The fraction of sp³-hybridized carbons (Fsp3) is 0.333. The lowest BCUT2D eigenvalue weighted by Gasteiger charge is -2.13. The van der Waals surface area contributed by atoms with Crippen LogP contribution in [0.4, 0.5) is 5.69 Å². The molecule has 5 heteroatoms. The Balaban J connectivity index is 1.69. The maximum Gasteiger partial charge on any atom is 0.163 e. The van der Waals surface area contributed by atoms with Crippen molar-refractivity contribution in [2.75, 3.05) is 12.4 Å². The zero-order valence-electron chi connectivity index (χ0n) is 11.4. The number of methoxy groups -OCH3 is 1. The van der Waals surface area contributed by atoms with E-state index in [1.165, 1.54) is 6.33 Å². The number of benzene rings is 1. The Morgan fingerprint density at radius 3 is 2.70 bits per heavy atom. The molecular formula is C15H17N3O2. The molecule has 0 radical (unpaired) electrons. The van der Waals surface area contributed by atoms with Crippen LogP contribution in [0.25, 0.3) is 0 Å². The molecule has 1 N–H and O–H groups in total. The molecule has 1 aromatic heterocycles. The number of ether oxygens (including phenoxy) is 2. The second-order valence-electron chi connectivity index (χ2n) is 4.78. The molecule has 1 aromatic carbocycles. The lowest BCUT2D eigenvalue weighted by molar-refractivity contribution is 0.282. The van der Waals surface area contributed by atoms with Gasteiger partial charge in [0.25, 0.3) is 0 Å². The van der Waals surface area contributed by atoms with Gasteiger partial charge in [-0.1, -0.05) is 0 Å². The molecule has 0 amide bonds. The zero-order valence-corrected chi connectivity index (χ0v) is 11.4. The van der Waals surface area contributed by atoms with Crippen molar-refractivity contribution in [1.29, 1.82) is 0 Å². The number of aromatic nitrogens is 2. The summed E-state index contributed by atoms with van der Waals surface area (Å²) in [4.78, 5) is 7.99. The average molecular weight is 271 g/mol. The van der Waals surface area contributed by atoms with Gasteiger partial charge in [0.1, 0.15) is 6.33 Å². The molecule has 1 fully saturated rings. The predicted octanol–water partition coefficient (Wildman–Crippen LogP) is 2.64. The summed E-state index contributed by atoms with van der Waals surface area (Å²) in [5.41, 5.74) is 2.03. The molecule has 0 atom stereocenters. The average Bonchev–Trinajstić information content (AvgIpc) is 3.30. The first-order chi connectivity index (χ1) is 9.85. The third-order valence-corrected chi connectivity index (χ3v) is 3.09. The summed E-state index contributed by atoms with van der Waals surface area (Å²) in [5.74, 6) is 1.56. The van der Waals surface area contributed by atoms with E-state index in [1.54, 1.807) is 19.5 Å². The van der Waals surface area contributed by atoms with Gasteiger partial charge in [-0.05, 0) is 25.0 Å². The molecule has 104 valence electrons. The maximum atomic E-state index is 5.85. The van der Waals surface area contributed by atoms with Gasteiger partial charge in [0.15, 0.2) is 11.5 Å². The van der Waals surface area contributed by atoms with E-state index in [0.29, 0.717) is 12.6 Å². The number of hydrogen-bond donors (Lipinski definition) is 1. The van der Waals surface area contributed by atoms with Gasteiger partial charge in [0.05, 0.1) is 13.2 Å². The number of anilines is 1. The molecule has 1 heterocycles. The summed E-state index contributed by atoms with van der Waals surface area (Å²) in [6.45, 7) is 0.677. The minimum absolute atomic E-state index is 0.349. The van der Waals surface area contributed by atoms with E-state index in [-0.39, 0.29) is 0 Å². The Kier molecular flexibility index (Phi) is 3.67. The lowest BCUT2D eigenvalue weighted by Crippen LogP contribution is -2.02. The summed E-state index contributed by atoms with van der Waals surface area (Å²) in [6.07, 6.45) is 7.72. The number of nitrogens with one attached hydrogen (secondary N) is 1. The molecule has 1 aliphatic carbocycles. The van der Waals surface area contributed by atoms with E-state index in [0.717, 1.165) is 35.6 Å². The van der Waals surface area contributed by atoms with Crippen molar-refractivity contribution in [2.24, 2.45) is 0 Å². The molecule has 0 spiro atoms. The summed E-state index contributed by atoms with van der Waals surface area (Å²) >= 11 is 0. The third-order valence-electron chi connectivity index (χ3n) is 3.09. The van der Waals surface area contributed by atoms with E-state index in [2.05, 4.69) is 15.3 Å². The lowest BCUT2D eigenvalue weighted by atomic mass is 10.2. The summed E-state index contributed by atoms with van der Waals surface area (Å²) in [7, 11) is 1.66. The Bertz CT molecular complexity index is 571. The minimum atomic E-state index is 0.349. The first-order valence-corrected chi connectivity index (χ1v) is 6.67. The predicted molar refractivity (Wildman–Crippen MR) is 76.0 cm³/mol. The summed E-state index contributed by atoms with van der Waals surface area (Å²) in [6, 6.07) is 5.87. The normalized spacial score (nSPS) is 13.8. The van der Waals surface area contributed by atoms with Gasteiger partial charge in [0, 0.05) is 36.3 Å². The van der Waals surface area contributed by atoms with Crippen LogP contribution in [-0.2, 0) is 6.54 Å². The number of hydrogen-bond acceptors (Lipinski definition) is 5. The highest BCUT2D eigenvalue weighted by molar-refractivity contribution is 5.55. The molecule has 0 aliphatic heterocycles. The number of nitrogens with zero attached hydrogens (tertiary/aromatic N) is 2. The fourth-order valence-corrected chi connectivity index (χ4v) is 1.87. The van der Waals surface area contributed by atoms with Crippen LogP contribution >= 0.6 is 0 Å². The van der Waals surface area contributed by atoms with Crippen molar-refractivity contribution in [3.8, 4) is 11.5 Å². The van der Waals surface area contributed by atoms with Gasteiger partial charge in [0.2, 0.25) is 0 Å². The van der Waals surface area contributed by atoms with Crippen LogP contribution in [0.15, 0.2) is 36.9 Å². The van der Waals surface area contributed by atoms with Crippen LogP contribution in [0, 0.1) is 0 Å². The first-order valence-electron chi connectivity index (χ1n) is 6.67. The highest BCUT2D eigenvalue weighted by atomic mass is 16.5. The minimum Gasteiger partial charge on any atom is -0.493 e. The summed E-state index contributed by atoms with van der Waals surface area (Å²) in [5, 5.41) is 3.33. The fourth-order valence-electron chi connectivity index (χ4n) is 1.87. The van der Waals surface area contributed by atoms with Gasteiger partial charge in [-0.15, -0.1) is 0 Å². The third kappa shape index (κ3) is 3.17. The smallest absolute Gasteiger partial charge is 0.163 e. The molecule has 5 nitrogen and oxygen atoms in total. The van der Waals surface area contributed by atoms with Crippen LogP contribution in [0.2, 0.25) is 0 Å². The van der Waals surface area contributed by atoms with Crippen molar-refractivity contribution >= 4 is 5.69 Å². The van der Waals surface area contributed by atoms with Gasteiger partial charge in [-0.25, -0.2) is 9.97 Å². The molecule has 0 unspecified atom stereocenters. The molecule has 20 heavy (non-hydrogen) atoms. The van der Waals surface area contributed by atoms with Crippen LogP contribution in [0.3, 0.4) is 0 Å². The van der Waals surface area contributed by atoms with Crippen LogP contribution < -0.4 is 14.8 Å². The first kappa shape index (κ1) is 12.7. The van der Waals surface area contributed by atoms with Gasteiger partial charge >= 0.3 is 0 Å². The molecule has 1 aliphatic rings. The molecule has 1 saturated carbocycles. The van der Waals surface area contributed by atoms with E-state index < -0.39 is 0 Å². The van der Waals surface area contributed by atoms with Gasteiger partial charge in [-0.2, -0.15) is 0 Å².